The molecule has 2 N–H and O–H groups in total. The number of amides is 1. The molecule has 0 saturated heterocycles. The van der Waals surface area contributed by atoms with Crippen molar-refractivity contribution in [3.8, 4) is 0 Å². The lowest BCUT2D eigenvalue weighted by atomic mass is 10.2. The summed E-state index contributed by atoms with van der Waals surface area (Å²) in [6.07, 6.45) is -3.04. The van der Waals surface area contributed by atoms with Gasteiger partial charge in [0.05, 0.1) is 10.0 Å². The normalized spacial score (nSPS) is 10.6. The summed E-state index contributed by atoms with van der Waals surface area (Å²) in [7, 11) is 0. The smallest absolute Gasteiger partial charge is 0.281 e. The fourth-order valence-electron chi connectivity index (χ4n) is 0.843. The molecule has 0 aliphatic carbocycles. The Morgan fingerprint density at radius 3 is 2.57 bits per heavy atom. The Morgan fingerprint density at radius 2 is 2.14 bits per heavy atom. The Kier molecular flexibility index (Phi) is 3.10. The van der Waals surface area contributed by atoms with E-state index in [0.717, 1.165) is 6.07 Å². The molecular formula is C7H4BrF3N2O. The molecular weight excluding hydrogens is 265 g/mol. The molecule has 0 aromatic carbocycles. The van der Waals surface area contributed by atoms with Gasteiger partial charge in [0.2, 0.25) is 5.95 Å². The number of nitrogens with zero attached hydrogens (tertiary/aromatic N) is 1. The zero-order chi connectivity index (χ0) is 10.9. The molecule has 1 amide bonds. The van der Waals surface area contributed by atoms with E-state index >= 15 is 0 Å². The summed E-state index contributed by atoms with van der Waals surface area (Å²) in [4.78, 5) is 13.6. The lowest BCUT2D eigenvalue weighted by Gasteiger charge is -2.05. The van der Waals surface area contributed by atoms with Crippen LogP contribution in [-0.2, 0) is 0 Å². The van der Waals surface area contributed by atoms with Crippen molar-refractivity contribution in [1.82, 2.24) is 4.98 Å². The van der Waals surface area contributed by atoms with Crippen molar-refractivity contribution in [2.75, 3.05) is 0 Å². The molecule has 0 radical (unpaired) electrons. The molecule has 7 heteroatoms. The first kappa shape index (κ1) is 11.0. The number of carbonyl (C=O) groups excluding carboxylic acids is 1. The zero-order valence-electron chi connectivity index (χ0n) is 6.60. The number of hydrogen-bond acceptors (Lipinski definition) is 2. The van der Waals surface area contributed by atoms with E-state index in [9.17, 15) is 18.0 Å². The summed E-state index contributed by atoms with van der Waals surface area (Å²) in [5.41, 5.74) is 3.38. The quantitative estimate of drug-likeness (QED) is 0.835. The summed E-state index contributed by atoms with van der Waals surface area (Å²) >= 11 is 2.71. The first-order chi connectivity index (χ1) is 6.43. The van der Waals surface area contributed by atoms with Crippen LogP contribution in [0.1, 0.15) is 22.5 Å². The predicted octanol–water partition coefficient (Wildman–Crippen LogP) is 2.02. The van der Waals surface area contributed by atoms with Gasteiger partial charge in [0.15, 0.2) is 0 Å². The molecule has 76 valence electrons. The fourth-order valence-corrected chi connectivity index (χ4v) is 1.16. The predicted molar refractivity (Wildman–Crippen MR) is 45.4 cm³/mol. The van der Waals surface area contributed by atoms with Gasteiger partial charge in [-0.25, -0.2) is 13.8 Å². The molecule has 1 aromatic heterocycles. The Morgan fingerprint density at radius 1 is 1.57 bits per heavy atom. The minimum absolute atomic E-state index is 0.185. The summed E-state index contributed by atoms with van der Waals surface area (Å²) in [6.45, 7) is 0. The van der Waals surface area contributed by atoms with Gasteiger partial charge in [-0.15, -0.1) is 0 Å². The van der Waals surface area contributed by atoms with Crippen molar-refractivity contribution in [1.29, 1.82) is 0 Å². The molecule has 0 spiro atoms. The van der Waals surface area contributed by atoms with Crippen molar-refractivity contribution >= 4 is 21.8 Å². The van der Waals surface area contributed by atoms with Gasteiger partial charge in [0, 0.05) is 0 Å². The van der Waals surface area contributed by atoms with E-state index in [-0.39, 0.29) is 4.47 Å². The second-order valence-corrected chi connectivity index (χ2v) is 3.21. The van der Waals surface area contributed by atoms with Gasteiger partial charge in [-0.1, -0.05) is 0 Å². The van der Waals surface area contributed by atoms with Crippen LogP contribution >= 0.6 is 15.9 Å². The van der Waals surface area contributed by atoms with Crippen molar-refractivity contribution < 1.29 is 18.0 Å². The van der Waals surface area contributed by atoms with E-state index in [1.807, 2.05) is 0 Å². The number of aromatic nitrogens is 1. The van der Waals surface area contributed by atoms with Crippen molar-refractivity contribution in [2.24, 2.45) is 5.73 Å². The van der Waals surface area contributed by atoms with Gasteiger partial charge in [0.25, 0.3) is 12.3 Å². The second-order valence-electron chi connectivity index (χ2n) is 2.36. The minimum atomic E-state index is -3.04. The molecule has 0 aliphatic rings. The van der Waals surface area contributed by atoms with E-state index < -0.39 is 29.5 Å². The largest absolute Gasteiger partial charge is 0.366 e. The molecule has 0 bridgehead atoms. The van der Waals surface area contributed by atoms with E-state index in [0.29, 0.717) is 0 Å². The lowest BCUT2D eigenvalue weighted by molar-refractivity contribution is 0.0982. The van der Waals surface area contributed by atoms with Crippen LogP contribution in [0.5, 0.6) is 0 Å². The third-order valence-corrected chi connectivity index (χ3v) is 1.99. The first-order valence-corrected chi connectivity index (χ1v) is 4.16. The Balaban J connectivity index is 3.39. The Labute approximate surface area is 85.2 Å². The standard InChI is InChI=1S/C7H4BrF3N2O/c8-3-1-2(7(12)14)4(5(9)10)13-6(3)11/h1,5H,(H2,12,14). The number of halogens is 4. The van der Waals surface area contributed by atoms with Crippen molar-refractivity contribution in [3.05, 3.63) is 27.7 Å². The maximum Gasteiger partial charge on any atom is 0.281 e. The Hall–Kier alpha value is -1.11. The van der Waals surface area contributed by atoms with E-state index in [1.54, 1.807) is 0 Å². The van der Waals surface area contributed by atoms with E-state index in [1.165, 1.54) is 0 Å². The topological polar surface area (TPSA) is 56.0 Å². The van der Waals surface area contributed by atoms with Gasteiger partial charge in [-0.2, -0.15) is 4.39 Å². The van der Waals surface area contributed by atoms with Crippen LogP contribution in [0.2, 0.25) is 0 Å². The Bertz CT molecular complexity index is 383. The molecule has 0 fully saturated rings. The molecule has 0 atom stereocenters. The van der Waals surface area contributed by atoms with Crippen molar-refractivity contribution in [3.63, 3.8) is 0 Å². The fraction of sp³-hybridized carbons (Fsp3) is 0.143. The van der Waals surface area contributed by atoms with Crippen LogP contribution in [0.4, 0.5) is 13.2 Å². The third-order valence-electron chi connectivity index (χ3n) is 1.43. The van der Waals surface area contributed by atoms with E-state index in [4.69, 9.17) is 5.73 Å². The zero-order valence-corrected chi connectivity index (χ0v) is 8.19. The van der Waals surface area contributed by atoms with Crippen LogP contribution in [0.25, 0.3) is 0 Å². The number of rotatable bonds is 2. The van der Waals surface area contributed by atoms with Crippen molar-refractivity contribution in [2.45, 2.75) is 6.43 Å². The number of carbonyl (C=O) groups is 1. The van der Waals surface area contributed by atoms with Gasteiger partial charge >= 0.3 is 0 Å². The number of hydrogen-bond donors (Lipinski definition) is 1. The van der Waals surface area contributed by atoms with Gasteiger partial charge in [-0.05, 0) is 22.0 Å². The highest BCUT2D eigenvalue weighted by atomic mass is 79.9. The molecule has 3 nitrogen and oxygen atoms in total. The summed E-state index contributed by atoms with van der Waals surface area (Å²) in [5, 5.41) is 0. The third kappa shape index (κ3) is 2.03. The second kappa shape index (κ2) is 3.95. The van der Waals surface area contributed by atoms with Crippen LogP contribution in [0.15, 0.2) is 10.5 Å². The number of pyridine rings is 1. The molecule has 0 saturated carbocycles. The lowest BCUT2D eigenvalue weighted by Crippen LogP contribution is -2.16. The summed E-state index contributed by atoms with van der Waals surface area (Å²) in [6, 6.07) is 0.881. The SMILES string of the molecule is NC(=O)c1cc(Br)c(F)nc1C(F)F. The summed E-state index contributed by atoms with van der Waals surface area (Å²) < 4.78 is 37.0. The molecule has 0 aliphatic heterocycles. The average molecular weight is 269 g/mol. The maximum absolute atomic E-state index is 12.7. The highest BCUT2D eigenvalue weighted by Crippen LogP contribution is 2.24. The van der Waals surface area contributed by atoms with Crippen LogP contribution in [0.3, 0.4) is 0 Å². The molecule has 0 unspecified atom stereocenters. The van der Waals surface area contributed by atoms with Gasteiger partial charge < -0.3 is 5.73 Å². The average Bonchev–Trinajstić information content (AvgIpc) is 2.08. The van der Waals surface area contributed by atoms with Gasteiger partial charge in [-0.3, -0.25) is 4.79 Å². The molecule has 14 heavy (non-hydrogen) atoms. The number of nitrogens with two attached hydrogens (primary N) is 1. The number of primary amides is 1. The highest BCUT2D eigenvalue weighted by Gasteiger charge is 2.21. The maximum atomic E-state index is 12.7. The first-order valence-electron chi connectivity index (χ1n) is 3.37. The van der Waals surface area contributed by atoms with Gasteiger partial charge in [0.1, 0.15) is 5.69 Å². The summed E-state index contributed by atoms with van der Waals surface area (Å²) in [5.74, 6) is -2.18. The van der Waals surface area contributed by atoms with E-state index in [2.05, 4.69) is 20.9 Å². The highest BCUT2D eigenvalue weighted by molar-refractivity contribution is 9.10. The monoisotopic (exact) mass is 268 g/mol. The van der Waals surface area contributed by atoms with Crippen LogP contribution in [-0.4, -0.2) is 10.9 Å². The molecule has 1 heterocycles. The molecule has 1 rings (SSSR count). The van der Waals surface area contributed by atoms with Crippen LogP contribution < -0.4 is 5.73 Å². The molecule has 1 aromatic rings. The van der Waals surface area contributed by atoms with Crippen LogP contribution in [0, 0.1) is 5.95 Å². The minimum Gasteiger partial charge on any atom is -0.366 e. The number of alkyl halides is 2.